The highest BCUT2D eigenvalue weighted by molar-refractivity contribution is 5.44. The van der Waals surface area contributed by atoms with Crippen LogP contribution in [-0.2, 0) is 22.2 Å². The first-order valence-corrected chi connectivity index (χ1v) is 10.6. The summed E-state index contributed by atoms with van der Waals surface area (Å²) in [6, 6.07) is 4.75. The summed E-state index contributed by atoms with van der Waals surface area (Å²) in [5, 5.41) is 3.75. The minimum absolute atomic E-state index is 0.118. The summed E-state index contributed by atoms with van der Waals surface area (Å²) in [5.41, 5.74) is 6.14. The van der Waals surface area contributed by atoms with Crippen molar-refractivity contribution < 1.29 is 4.74 Å². The molecule has 0 bridgehead atoms. The van der Waals surface area contributed by atoms with Gasteiger partial charge in [0, 0.05) is 11.1 Å². The minimum Gasteiger partial charge on any atom is -0.373 e. The highest BCUT2D eigenvalue weighted by Crippen LogP contribution is 2.36. The number of rotatable bonds is 3. The third kappa shape index (κ3) is 5.81. The molecule has 1 aliphatic heterocycles. The van der Waals surface area contributed by atoms with Gasteiger partial charge in [-0.2, -0.15) is 0 Å². The lowest BCUT2D eigenvalue weighted by molar-refractivity contribution is -0.0304. The number of piperidine rings is 1. The van der Waals surface area contributed by atoms with Crippen LogP contribution in [0.2, 0.25) is 0 Å². The van der Waals surface area contributed by atoms with Gasteiger partial charge >= 0.3 is 0 Å². The van der Waals surface area contributed by atoms with Crippen LogP contribution in [0.15, 0.2) is 12.1 Å². The second-order valence-electron chi connectivity index (χ2n) is 12.0. The summed E-state index contributed by atoms with van der Waals surface area (Å²) in [6.45, 7) is 26.0. The summed E-state index contributed by atoms with van der Waals surface area (Å²) in [4.78, 5) is 0. The number of hydrogen-bond acceptors (Lipinski definition) is 2. The van der Waals surface area contributed by atoms with Crippen molar-refractivity contribution in [1.29, 1.82) is 0 Å². The van der Waals surface area contributed by atoms with Crippen LogP contribution in [0.4, 0.5) is 0 Å². The molecular formula is C25H43NO. The Hall–Kier alpha value is -0.860. The lowest BCUT2D eigenvalue weighted by atomic mass is 9.76. The highest BCUT2D eigenvalue weighted by atomic mass is 16.5. The zero-order valence-electron chi connectivity index (χ0n) is 19.8. The van der Waals surface area contributed by atoms with E-state index in [-0.39, 0.29) is 21.9 Å². The predicted molar refractivity (Wildman–Crippen MR) is 118 cm³/mol. The Labute approximate surface area is 168 Å². The lowest BCUT2D eigenvalue weighted by Crippen LogP contribution is -2.59. The van der Waals surface area contributed by atoms with Gasteiger partial charge in [-0.15, -0.1) is 0 Å². The molecule has 1 aromatic carbocycles. The number of hydrogen-bond donors (Lipinski definition) is 1. The molecule has 2 nitrogen and oxygen atoms in total. The lowest BCUT2D eigenvalue weighted by Gasteiger charge is -2.46. The Kier molecular flexibility index (Phi) is 5.97. The van der Waals surface area contributed by atoms with Gasteiger partial charge in [0.25, 0.3) is 0 Å². The van der Waals surface area contributed by atoms with E-state index in [1.807, 2.05) is 0 Å². The molecule has 154 valence electrons. The molecule has 0 atom stereocenters. The molecule has 1 aromatic rings. The minimum atomic E-state index is 0.118. The van der Waals surface area contributed by atoms with E-state index >= 15 is 0 Å². The first-order chi connectivity index (χ1) is 12.0. The average Bonchev–Trinajstić information content (AvgIpc) is 2.40. The quantitative estimate of drug-likeness (QED) is 0.660. The van der Waals surface area contributed by atoms with E-state index in [4.69, 9.17) is 4.74 Å². The van der Waals surface area contributed by atoms with Gasteiger partial charge in [0.15, 0.2) is 0 Å². The van der Waals surface area contributed by atoms with Crippen LogP contribution < -0.4 is 5.32 Å². The van der Waals surface area contributed by atoms with Gasteiger partial charge in [-0.3, -0.25) is 0 Å². The number of benzene rings is 1. The molecule has 1 fully saturated rings. The van der Waals surface area contributed by atoms with Gasteiger partial charge in [-0.05, 0) is 80.5 Å². The number of nitrogens with one attached hydrogen (secondary N) is 1. The van der Waals surface area contributed by atoms with Gasteiger partial charge in [0.2, 0.25) is 0 Å². The molecule has 27 heavy (non-hydrogen) atoms. The van der Waals surface area contributed by atoms with Crippen LogP contribution in [0, 0.1) is 6.92 Å². The summed E-state index contributed by atoms with van der Waals surface area (Å²) < 4.78 is 6.48. The van der Waals surface area contributed by atoms with Crippen molar-refractivity contribution in [1.82, 2.24) is 5.32 Å². The fraction of sp³-hybridized carbons (Fsp3) is 0.760. The van der Waals surface area contributed by atoms with E-state index in [9.17, 15) is 0 Å². The average molecular weight is 374 g/mol. The van der Waals surface area contributed by atoms with Gasteiger partial charge in [0.05, 0.1) is 12.7 Å². The van der Waals surface area contributed by atoms with Crippen LogP contribution in [0.3, 0.4) is 0 Å². The van der Waals surface area contributed by atoms with Crippen LogP contribution in [0.25, 0.3) is 0 Å². The molecule has 2 heteroatoms. The molecule has 0 aromatic heterocycles. The molecule has 1 N–H and O–H groups in total. The fourth-order valence-electron chi connectivity index (χ4n) is 4.98. The second kappa shape index (κ2) is 7.19. The van der Waals surface area contributed by atoms with E-state index < -0.39 is 0 Å². The largest absolute Gasteiger partial charge is 0.373 e. The normalized spacial score (nSPS) is 20.7. The summed E-state index contributed by atoms with van der Waals surface area (Å²) in [5.74, 6) is 0. The first-order valence-electron chi connectivity index (χ1n) is 10.6. The van der Waals surface area contributed by atoms with Crippen LogP contribution in [0.5, 0.6) is 0 Å². The third-order valence-electron chi connectivity index (χ3n) is 5.72. The van der Waals surface area contributed by atoms with Gasteiger partial charge < -0.3 is 10.1 Å². The van der Waals surface area contributed by atoms with Crippen molar-refractivity contribution in [2.75, 3.05) is 0 Å². The monoisotopic (exact) mass is 373 g/mol. The predicted octanol–water partition coefficient (Wildman–Crippen LogP) is 6.42. The molecular weight excluding hydrogens is 330 g/mol. The van der Waals surface area contributed by atoms with Crippen LogP contribution in [0.1, 0.15) is 104 Å². The molecule has 1 heterocycles. The first kappa shape index (κ1) is 22.4. The second-order valence-corrected chi connectivity index (χ2v) is 12.0. The molecule has 0 amide bonds. The zero-order valence-corrected chi connectivity index (χ0v) is 19.8. The summed E-state index contributed by atoms with van der Waals surface area (Å²) in [7, 11) is 0. The number of ether oxygens (including phenoxy) is 1. The maximum atomic E-state index is 6.48. The molecule has 0 spiro atoms. The standard InChI is InChI=1S/C25H43NO/c1-17-20(22(2,3)4)12-18(13-21(17)23(5,6)7)16-27-19-14-24(8,9)26-25(10,11)15-19/h12-13,19,26H,14-16H2,1-11H3. The fourth-order valence-corrected chi connectivity index (χ4v) is 4.98. The molecule has 1 aliphatic rings. The van der Waals surface area contributed by atoms with Crippen molar-refractivity contribution in [3.05, 3.63) is 34.4 Å². The van der Waals surface area contributed by atoms with Crippen molar-refractivity contribution in [2.45, 2.75) is 124 Å². The van der Waals surface area contributed by atoms with Crippen molar-refractivity contribution in [3.63, 3.8) is 0 Å². The highest BCUT2D eigenvalue weighted by Gasteiger charge is 2.38. The zero-order chi connectivity index (χ0) is 20.8. The Bertz CT molecular complexity index is 620. The van der Waals surface area contributed by atoms with Crippen LogP contribution in [-0.4, -0.2) is 17.2 Å². The smallest absolute Gasteiger partial charge is 0.0720 e. The molecule has 0 unspecified atom stereocenters. The molecule has 0 radical (unpaired) electrons. The Balaban J connectivity index is 2.28. The summed E-state index contributed by atoms with van der Waals surface area (Å²) in [6.07, 6.45) is 2.41. The van der Waals surface area contributed by atoms with E-state index in [2.05, 4.69) is 93.6 Å². The Morgan fingerprint density at radius 1 is 0.889 bits per heavy atom. The molecule has 0 saturated carbocycles. The molecule has 1 saturated heterocycles. The maximum Gasteiger partial charge on any atom is 0.0720 e. The van der Waals surface area contributed by atoms with Crippen molar-refractivity contribution >= 4 is 0 Å². The summed E-state index contributed by atoms with van der Waals surface area (Å²) >= 11 is 0. The van der Waals surface area contributed by atoms with Crippen molar-refractivity contribution in [2.24, 2.45) is 0 Å². The van der Waals surface area contributed by atoms with Gasteiger partial charge in [-0.1, -0.05) is 53.7 Å². The third-order valence-corrected chi connectivity index (χ3v) is 5.72. The van der Waals surface area contributed by atoms with E-state index in [0.717, 1.165) is 12.8 Å². The molecule has 2 rings (SSSR count). The van der Waals surface area contributed by atoms with Gasteiger partial charge in [-0.25, -0.2) is 0 Å². The van der Waals surface area contributed by atoms with Crippen LogP contribution >= 0.6 is 0 Å². The molecule has 0 aliphatic carbocycles. The van der Waals surface area contributed by atoms with Gasteiger partial charge in [0.1, 0.15) is 0 Å². The maximum absolute atomic E-state index is 6.48. The van der Waals surface area contributed by atoms with E-state index in [1.54, 1.807) is 0 Å². The Morgan fingerprint density at radius 3 is 1.67 bits per heavy atom. The Morgan fingerprint density at radius 2 is 1.30 bits per heavy atom. The van der Waals surface area contributed by atoms with E-state index in [0.29, 0.717) is 12.7 Å². The topological polar surface area (TPSA) is 21.3 Å². The van der Waals surface area contributed by atoms with Crippen molar-refractivity contribution in [3.8, 4) is 0 Å². The van der Waals surface area contributed by atoms with E-state index in [1.165, 1.54) is 22.3 Å². The SMILES string of the molecule is Cc1c(C(C)(C)C)cc(COC2CC(C)(C)NC(C)(C)C2)cc1C(C)(C)C.